The Morgan fingerprint density at radius 3 is 2.74 bits per heavy atom. The maximum atomic E-state index is 5.81. The fourth-order valence-corrected chi connectivity index (χ4v) is 2.07. The Labute approximate surface area is 156 Å². The van der Waals surface area contributed by atoms with Gasteiger partial charge in [0.25, 0.3) is 0 Å². The minimum absolute atomic E-state index is 0. The predicted octanol–water partition coefficient (Wildman–Crippen LogP) is 2.86. The highest BCUT2D eigenvalue weighted by atomic mass is 127. The average molecular weight is 433 g/mol. The van der Waals surface area contributed by atoms with Crippen LogP contribution in [0, 0.1) is 6.92 Å². The van der Waals surface area contributed by atoms with E-state index in [1.54, 1.807) is 7.11 Å². The Bertz CT molecular complexity index is 505. The van der Waals surface area contributed by atoms with E-state index in [1.165, 1.54) is 18.4 Å². The number of nitrogens with one attached hydrogen (secondary N) is 2. The molecule has 23 heavy (non-hydrogen) atoms. The van der Waals surface area contributed by atoms with E-state index in [2.05, 4.69) is 47.7 Å². The van der Waals surface area contributed by atoms with Crippen molar-refractivity contribution in [3.63, 3.8) is 0 Å². The van der Waals surface area contributed by atoms with Crippen LogP contribution in [0.3, 0.4) is 0 Å². The van der Waals surface area contributed by atoms with Gasteiger partial charge in [-0.1, -0.05) is 12.1 Å². The molecule has 5 nitrogen and oxygen atoms in total. The highest BCUT2D eigenvalue weighted by molar-refractivity contribution is 14.0. The van der Waals surface area contributed by atoms with Crippen molar-refractivity contribution in [2.75, 3.05) is 26.9 Å². The molecule has 0 heterocycles. The van der Waals surface area contributed by atoms with Gasteiger partial charge in [-0.15, -0.1) is 24.0 Å². The monoisotopic (exact) mass is 433 g/mol. The molecule has 1 aliphatic carbocycles. The van der Waals surface area contributed by atoms with Crippen molar-refractivity contribution in [1.29, 1.82) is 0 Å². The van der Waals surface area contributed by atoms with Crippen LogP contribution in [0.15, 0.2) is 23.2 Å². The average Bonchev–Trinajstić information content (AvgIpc) is 3.31. The standard InChI is InChI=1S/C17H27N3O2.HI/c1-4-18-17(20-15-7-8-15)19-12-14-6-5-13(2)11-16(14)22-10-9-21-3;/h5-6,11,15H,4,7-10,12H2,1-3H3,(H2,18,19,20);1H. The Balaban J connectivity index is 0.00000264. The molecule has 0 amide bonds. The number of guanidine groups is 1. The first kappa shape index (κ1) is 20.0. The topological polar surface area (TPSA) is 54.9 Å². The number of halogens is 1. The summed E-state index contributed by atoms with van der Waals surface area (Å²) in [7, 11) is 1.68. The van der Waals surface area contributed by atoms with E-state index >= 15 is 0 Å². The number of ether oxygens (including phenoxy) is 2. The molecule has 1 aromatic rings. The fraction of sp³-hybridized carbons (Fsp3) is 0.588. The minimum atomic E-state index is 0. The van der Waals surface area contributed by atoms with E-state index in [1.807, 2.05) is 0 Å². The molecule has 0 aromatic heterocycles. The van der Waals surface area contributed by atoms with Gasteiger partial charge in [0.2, 0.25) is 0 Å². The number of methoxy groups -OCH3 is 1. The second kappa shape index (κ2) is 10.7. The summed E-state index contributed by atoms with van der Waals surface area (Å²) in [5.74, 6) is 1.77. The minimum Gasteiger partial charge on any atom is -0.491 e. The summed E-state index contributed by atoms with van der Waals surface area (Å²) in [5, 5.41) is 6.71. The second-order valence-electron chi connectivity index (χ2n) is 5.57. The lowest BCUT2D eigenvalue weighted by molar-refractivity contribution is 0.145. The Kier molecular flexibility index (Phi) is 9.31. The van der Waals surface area contributed by atoms with Gasteiger partial charge in [0, 0.05) is 25.3 Å². The molecule has 2 rings (SSSR count). The van der Waals surface area contributed by atoms with E-state index in [0.717, 1.165) is 23.8 Å². The van der Waals surface area contributed by atoms with Crippen LogP contribution < -0.4 is 15.4 Å². The van der Waals surface area contributed by atoms with E-state index in [4.69, 9.17) is 9.47 Å². The molecule has 0 atom stereocenters. The van der Waals surface area contributed by atoms with Crippen LogP contribution in [0.4, 0.5) is 0 Å². The van der Waals surface area contributed by atoms with Crippen molar-refractivity contribution in [2.24, 2.45) is 4.99 Å². The first-order valence-corrected chi connectivity index (χ1v) is 7.99. The largest absolute Gasteiger partial charge is 0.491 e. The van der Waals surface area contributed by atoms with Crippen molar-refractivity contribution in [3.8, 4) is 5.75 Å². The number of hydrogen-bond acceptors (Lipinski definition) is 3. The maximum Gasteiger partial charge on any atom is 0.191 e. The first-order chi connectivity index (χ1) is 10.7. The SMILES string of the molecule is CCNC(=NCc1ccc(C)cc1OCCOC)NC1CC1.I. The zero-order valence-electron chi connectivity index (χ0n) is 14.2. The molecule has 1 aromatic carbocycles. The lowest BCUT2D eigenvalue weighted by atomic mass is 10.1. The predicted molar refractivity (Wildman–Crippen MR) is 105 cm³/mol. The van der Waals surface area contributed by atoms with Crippen molar-refractivity contribution >= 4 is 29.9 Å². The number of rotatable bonds is 8. The van der Waals surface area contributed by atoms with Crippen LogP contribution in [-0.2, 0) is 11.3 Å². The highest BCUT2D eigenvalue weighted by Gasteiger charge is 2.22. The van der Waals surface area contributed by atoms with Crippen molar-refractivity contribution in [3.05, 3.63) is 29.3 Å². The van der Waals surface area contributed by atoms with Gasteiger partial charge in [0.15, 0.2) is 5.96 Å². The molecule has 1 saturated carbocycles. The second-order valence-corrected chi connectivity index (χ2v) is 5.57. The molecular weight excluding hydrogens is 405 g/mol. The van der Waals surface area contributed by atoms with E-state index in [9.17, 15) is 0 Å². The molecular formula is C17H28IN3O2. The first-order valence-electron chi connectivity index (χ1n) is 7.99. The number of hydrogen-bond donors (Lipinski definition) is 2. The molecule has 0 bridgehead atoms. The Morgan fingerprint density at radius 1 is 1.30 bits per heavy atom. The van der Waals surface area contributed by atoms with Crippen molar-refractivity contribution < 1.29 is 9.47 Å². The van der Waals surface area contributed by atoms with Gasteiger partial charge in [-0.05, 0) is 38.3 Å². The van der Waals surface area contributed by atoms with Crippen LogP contribution in [-0.4, -0.2) is 38.9 Å². The molecule has 0 radical (unpaired) electrons. The summed E-state index contributed by atoms with van der Waals surface area (Å²) in [5.41, 5.74) is 2.28. The van der Waals surface area contributed by atoms with Gasteiger partial charge < -0.3 is 20.1 Å². The quantitative estimate of drug-likeness (QED) is 0.287. The van der Waals surface area contributed by atoms with E-state index in [-0.39, 0.29) is 24.0 Å². The maximum absolute atomic E-state index is 5.81. The van der Waals surface area contributed by atoms with Crippen LogP contribution >= 0.6 is 24.0 Å². The fourth-order valence-electron chi connectivity index (χ4n) is 2.07. The molecule has 0 unspecified atom stereocenters. The van der Waals surface area contributed by atoms with Gasteiger partial charge in [0.1, 0.15) is 12.4 Å². The highest BCUT2D eigenvalue weighted by Crippen LogP contribution is 2.22. The molecule has 0 aliphatic heterocycles. The molecule has 2 N–H and O–H groups in total. The lowest BCUT2D eigenvalue weighted by Crippen LogP contribution is -2.38. The van der Waals surface area contributed by atoms with Crippen molar-refractivity contribution in [1.82, 2.24) is 10.6 Å². The molecule has 1 fully saturated rings. The molecule has 0 saturated heterocycles. The smallest absolute Gasteiger partial charge is 0.191 e. The van der Waals surface area contributed by atoms with Gasteiger partial charge in [-0.3, -0.25) is 0 Å². The summed E-state index contributed by atoms with van der Waals surface area (Å²) in [4.78, 5) is 4.67. The van der Waals surface area contributed by atoms with Crippen LogP contribution in [0.2, 0.25) is 0 Å². The van der Waals surface area contributed by atoms with Crippen LogP contribution in [0.5, 0.6) is 5.75 Å². The van der Waals surface area contributed by atoms with Crippen molar-refractivity contribution in [2.45, 2.75) is 39.3 Å². The summed E-state index contributed by atoms with van der Waals surface area (Å²) >= 11 is 0. The van der Waals surface area contributed by atoms with Gasteiger partial charge in [0.05, 0.1) is 13.2 Å². The third-order valence-electron chi connectivity index (χ3n) is 3.44. The molecule has 6 heteroatoms. The Morgan fingerprint density at radius 2 is 2.09 bits per heavy atom. The molecule has 0 spiro atoms. The van der Waals surface area contributed by atoms with E-state index < -0.39 is 0 Å². The van der Waals surface area contributed by atoms with Gasteiger partial charge >= 0.3 is 0 Å². The number of benzene rings is 1. The zero-order chi connectivity index (χ0) is 15.8. The van der Waals surface area contributed by atoms with Gasteiger partial charge in [-0.25, -0.2) is 4.99 Å². The Hall–Kier alpha value is -1.02. The van der Waals surface area contributed by atoms with Gasteiger partial charge in [-0.2, -0.15) is 0 Å². The summed E-state index contributed by atoms with van der Waals surface area (Å²) in [6.07, 6.45) is 2.47. The van der Waals surface area contributed by atoms with Crippen LogP contribution in [0.1, 0.15) is 30.9 Å². The number of aliphatic imine (C=N–C) groups is 1. The molecule has 130 valence electrons. The normalized spacial score (nSPS) is 14.1. The summed E-state index contributed by atoms with van der Waals surface area (Å²) < 4.78 is 10.9. The van der Waals surface area contributed by atoms with E-state index in [0.29, 0.717) is 25.8 Å². The third-order valence-corrected chi connectivity index (χ3v) is 3.44. The summed E-state index contributed by atoms with van der Waals surface area (Å²) in [6.45, 7) is 6.75. The zero-order valence-corrected chi connectivity index (χ0v) is 16.6. The molecule has 1 aliphatic rings. The summed E-state index contributed by atoms with van der Waals surface area (Å²) in [6, 6.07) is 6.83. The number of nitrogens with zero attached hydrogens (tertiary/aromatic N) is 1. The number of aryl methyl sites for hydroxylation is 1. The third kappa shape index (κ3) is 7.39. The lowest BCUT2D eigenvalue weighted by Gasteiger charge is -2.13. The van der Waals surface area contributed by atoms with Crippen LogP contribution in [0.25, 0.3) is 0 Å².